The van der Waals surface area contributed by atoms with Gasteiger partial charge >= 0.3 is 0 Å². The Bertz CT molecular complexity index is 571. The quantitative estimate of drug-likeness (QED) is 0.784. The van der Waals surface area contributed by atoms with Crippen molar-refractivity contribution in [2.45, 2.75) is 19.9 Å². The number of benzene rings is 1. The number of likely N-dealkylation sites (N-methyl/N-ethyl adjacent to an activating group) is 1. The van der Waals surface area contributed by atoms with E-state index in [0.717, 1.165) is 10.0 Å². The Hall–Kier alpha value is -1.82. The standard InChI is InChI=1S/C16H21BrN2O3/c1-11(2)18-15(20)10-19(3)16(21)8-5-12-9-13(17)6-7-14(12)22-4/h5-9,11H,10H2,1-4H3,(H,18,20)/b8-5+. The first-order chi connectivity index (χ1) is 10.3. The van der Waals surface area contributed by atoms with Gasteiger partial charge in [-0.3, -0.25) is 9.59 Å². The van der Waals surface area contributed by atoms with Crippen LogP contribution in [0.1, 0.15) is 19.4 Å². The van der Waals surface area contributed by atoms with Crippen molar-refractivity contribution in [2.24, 2.45) is 0 Å². The first kappa shape index (κ1) is 18.2. The van der Waals surface area contributed by atoms with Gasteiger partial charge in [0, 0.05) is 29.2 Å². The van der Waals surface area contributed by atoms with Gasteiger partial charge in [-0.1, -0.05) is 15.9 Å². The summed E-state index contributed by atoms with van der Waals surface area (Å²) in [5.41, 5.74) is 0.783. The summed E-state index contributed by atoms with van der Waals surface area (Å²) in [4.78, 5) is 25.0. The fourth-order valence-electron chi connectivity index (χ4n) is 1.78. The van der Waals surface area contributed by atoms with E-state index in [1.165, 1.54) is 11.0 Å². The third kappa shape index (κ3) is 5.89. The van der Waals surface area contributed by atoms with E-state index in [0.29, 0.717) is 5.75 Å². The summed E-state index contributed by atoms with van der Waals surface area (Å²) in [6, 6.07) is 5.58. The molecule has 1 rings (SSSR count). The minimum atomic E-state index is -0.249. The van der Waals surface area contributed by atoms with E-state index >= 15 is 0 Å². The van der Waals surface area contributed by atoms with Crippen LogP contribution in [0.3, 0.4) is 0 Å². The van der Waals surface area contributed by atoms with Gasteiger partial charge in [0.15, 0.2) is 0 Å². The Kier molecular flexibility index (Phi) is 7.11. The maximum atomic E-state index is 12.0. The molecule has 0 unspecified atom stereocenters. The zero-order chi connectivity index (χ0) is 16.7. The first-order valence-electron chi connectivity index (χ1n) is 6.89. The highest BCUT2D eigenvalue weighted by Crippen LogP contribution is 2.24. The van der Waals surface area contributed by atoms with Crippen molar-refractivity contribution >= 4 is 33.8 Å². The molecule has 0 saturated heterocycles. The van der Waals surface area contributed by atoms with Gasteiger partial charge in [-0.25, -0.2) is 0 Å². The summed E-state index contributed by atoms with van der Waals surface area (Å²) in [5.74, 6) is 0.243. The highest BCUT2D eigenvalue weighted by Gasteiger charge is 2.11. The summed E-state index contributed by atoms with van der Waals surface area (Å²) < 4.78 is 6.13. The van der Waals surface area contributed by atoms with Crippen molar-refractivity contribution < 1.29 is 14.3 Å². The Morgan fingerprint density at radius 3 is 2.68 bits per heavy atom. The molecular weight excluding hydrogens is 348 g/mol. The number of carbonyl (C=O) groups excluding carboxylic acids is 2. The van der Waals surface area contributed by atoms with Gasteiger partial charge in [0.1, 0.15) is 5.75 Å². The molecule has 0 fully saturated rings. The van der Waals surface area contributed by atoms with Crippen LogP contribution in [0.15, 0.2) is 28.7 Å². The molecule has 1 N–H and O–H groups in total. The van der Waals surface area contributed by atoms with Gasteiger partial charge in [-0.2, -0.15) is 0 Å². The summed E-state index contributed by atoms with van der Waals surface area (Å²) >= 11 is 3.38. The molecule has 0 aliphatic heterocycles. The van der Waals surface area contributed by atoms with Gasteiger partial charge in [0.25, 0.3) is 0 Å². The second kappa shape index (κ2) is 8.58. The molecule has 0 aliphatic carbocycles. The number of carbonyl (C=O) groups is 2. The van der Waals surface area contributed by atoms with Gasteiger partial charge in [0.05, 0.1) is 13.7 Å². The van der Waals surface area contributed by atoms with E-state index in [-0.39, 0.29) is 24.4 Å². The Morgan fingerprint density at radius 2 is 2.09 bits per heavy atom. The molecule has 0 spiro atoms. The minimum Gasteiger partial charge on any atom is -0.496 e. The highest BCUT2D eigenvalue weighted by atomic mass is 79.9. The number of halogens is 1. The highest BCUT2D eigenvalue weighted by molar-refractivity contribution is 9.10. The van der Waals surface area contributed by atoms with Crippen molar-refractivity contribution in [3.8, 4) is 5.75 Å². The zero-order valence-corrected chi connectivity index (χ0v) is 14.8. The van der Waals surface area contributed by atoms with Crippen molar-refractivity contribution in [1.29, 1.82) is 0 Å². The molecule has 0 saturated carbocycles. The predicted molar refractivity (Wildman–Crippen MR) is 90.6 cm³/mol. The number of rotatable bonds is 6. The third-order valence-corrected chi connectivity index (χ3v) is 3.30. The number of nitrogens with one attached hydrogen (secondary N) is 1. The molecule has 6 heteroatoms. The molecule has 0 bridgehead atoms. The first-order valence-corrected chi connectivity index (χ1v) is 7.69. The second-order valence-corrected chi connectivity index (χ2v) is 6.05. The average molecular weight is 369 g/mol. The largest absolute Gasteiger partial charge is 0.496 e. The lowest BCUT2D eigenvalue weighted by molar-refractivity contribution is -0.131. The molecule has 120 valence electrons. The number of ether oxygens (including phenoxy) is 1. The molecule has 0 heterocycles. The molecule has 0 aliphatic rings. The van der Waals surface area contributed by atoms with Crippen LogP contribution in [0.25, 0.3) is 6.08 Å². The van der Waals surface area contributed by atoms with Crippen LogP contribution in [-0.4, -0.2) is 43.5 Å². The maximum absolute atomic E-state index is 12.0. The van der Waals surface area contributed by atoms with E-state index in [2.05, 4.69) is 21.2 Å². The molecule has 0 atom stereocenters. The Balaban J connectivity index is 2.71. The van der Waals surface area contributed by atoms with Gasteiger partial charge in [-0.15, -0.1) is 0 Å². The summed E-state index contributed by atoms with van der Waals surface area (Å²) in [6.45, 7) is 3.77. The van der Waals surface area contributed by atoms with Gasteiger partial charge < -0.3 is 15.0 Å². The van der Waals surface area contributed by atoms with Crippen molar-refractivity contribution in [3.05, 3.63) is 34.3 Å². The number of nitrogens with zero attached hydrogens (tertiary/aromatic N) is 1. The number of amides is 2. The fraction of sp³-hybridized carbons (Fsp3) is 0.375. The van der Waals surface area contributed by atoms with Crippen LogP contribution in [0, 0.1) is 0 Å². The van der Waals surface area contributed by atoms with Crippen LogP contribution in [0.2, 0.25) is 0 Å². The third-order valence-electron chi connectivity index (χ3n) is 2.80. The monoisotopic (exact) mass is 368 g/mol. The molecule has 22 heavy (non-hydrogen) atoms. The van der Waals surface area contributed by atoms with E-state index in [4.69, 9.17) is 4.74 Å². The van der Waals surface area contributed by atoms with Crippen molar-refractivity contribution in [2.75, 3.05) is 20.7 Å². The SMILES string of the molecule is COc1ccc(Br)cc1/C=C/C(=O)N(C)CC(=O)NC(C)C. The predicted octanol–water partition coefficient (Wildman–Crippen LogP) is 2.45. The van der Waals surface area contributed by atoms with E-state index < -0.39 is 0 Å². The second-order valence-electron chi connectivity index (χ2n) is 5.14. The fourth-order valence-corrected chi connectivity index (χ4v) is 2.16. The van der Waals surface area contributed by atoms with E-state index in [9.17, 15) is 9.59 Å². The van der Waals surface area contributed by atoms with Gasteiger partial charge in [-0.05, 0) is 38.1 Å². The van der Waals surface area contributed by atoms with Crippen LogP contribution >= 0.6 is 15.9 Å². The minimum absolute atomic E-state index is 0.0248. The topological polar surface area (TPSA) is 58.6 Å². The number of methoxy groups -OCH3 is 1. The summed E-state index contributed by atoms with van der Waals surface area (Å²) in [7, 11) is 3.16. The smallest absolute Gasteiger partial charge is 0.246 e. The van der Waals surface area contributed by atoms with Crippen LogP contribution in [-0.2, 0) is 9.59 Å². The molecular formula is C16H21BrN2O3. The summed E-state index contributed by atoms with van der Waals surface area (Å²) in [6.07, 6.45) is 3.09. The van der Waals surface area contributed by atoms with Crippen molar-refractivity contribution in [3.63, 3.8) is 0 Å². The molecule has 0 radical (unpaired) electrons. The van der Waals surface area contributed by atoms with E-state index in [1.807, 2.05) is 32.0 Å². The average Bonchev–Trinajstić information content (AvgIpc) is 2.43. The summed E-state index contributed by atoms with van der Waals surface area (Å²) in [5, 5.41) is 2.74. The lowest BCUT2D eigenvalue weighted by Gasteiger charge is -2.16. The maximum Gasteiger partial charge on any atom is 0.246 e. The lowest BCUT2D eigenvalue weighted by Crippen LogP contribution is -2.40. The number of hydrogen-bond donors (Lipinski definition) is 1. The van der Waals surface area contributed by atoms with Gasteiger partial charge in [0.2, 0.25) is 11.8 Å². The molecule has 2 amide bonds. The Labute approximate surface area is 139 Å². The van der Waals surface area contributed by atoms with Crippen LogP contribution in [0.5, 0.6) is 5.75 Å². The zero-order valence-electron chi connectivity index (χ0n) is 13.2. The molecule has 0 aromatic heterocycles. The Morgan fingerprint density at radius 1 is 1.41 bits per heavy atom. The molecule has 1 aromatic carbocycles. The van der Waals surface area contributed by atoms with Crippen LogP contribution in [0.4, 0.5) is 0 Å². The number of hydrogen-bond acceptors (Lipinski definition) is 3. The lowest BCUT2D eigenvalue weighted by atomic mass is 10.2. The molecule has 1 aromatic rings. The normalized spacial score (nSPS) is 10.8. The molecule has 5 nitrogen and oxygen atoms in total. The van der Waals surface area contributed by atoms with E-state index in [1.54, 1.807) is 20.2 Å². The van der Waals surface area contributed by atoms with Crippen molar-refractivity contribution in [1.82, 2.24) is 10.2 Å². The van der Waals surface area contributed by atoms with Crippen LogP contribution < -0.4 is 10.1 Å².